The minimum absolute atomic E-state index is 0.168. The molecule has 2 aromatic rings. The van der Waals surface area contributed by atoms with Gasteiger partial charge in [-0.3, -0.25) is 9.78 Å². The van der Waals surface area contributed by atoms with E-state index in [1.165, 1.54) is 0 Å². The largest absolute Gasteiger partial charge is 0.437 e. The molecule has 110 valence electrons. The molecule has 1 amide bonds. The average molecular weight is 285 g/mol. The smallest absolute Gasteiger partial charge is 0.256 e. The Kier molecular flexibility index (Phi) is 5.70. The first-order valence-corrected chi connectivity index (χ1v) is 7.12. The second-order valence-electron chi connectivity index (χ2n) is 4.61. The first-order valence-electron chi connectivity index (χ1n) is 7.12. The maximum absolute atomic E-state index is 12.2. The van der Waals surface area contributed by atoms with Crippen LogP contribution in [0.5, 0.6) is 11.6 Å². The molecule has 2 aromatic heterocycles. The molecule has 0 aromatic carbocycles. The number of carbonyl (C=O) groups excluding carboxylic acids is 1. The fourth-order valence-corrected chi connectivity index (χ4v) is 1.84. The second kappa shape index (κ2) is 7.99. The predicted molar refractivity (Wildman–Crippen MR) is 80.4 cm³/mol. The van der Waals surface area contributed by atoms with Crippen LogP contribution in [0.15, 0.2) is 42.9 Å². The van der Waals surface area contributed by atoms with E-state index in [1.807, 2.05) is 0 Å². The highest BCUT2D eigenvalue weighted by Crippen LogP contribution is 2.21. The van der Waals surface area contributed by atoms with Gasteiger partial charge in [-0.15, -0.1) is 0 Å². The first-order chi connectivity index (χ1) is 10.3. The third-order valence-electron chi connectivity index (χ3n) is 2.93. The van der Waals surface area contributed by atoms with E-state index in [0.717, 1.165) is 19.3 Å². The van der Waals surface area contributed by atoms with Gasteiger partial charge in [-0.1, -0.05) is 19.8 Å². The van der Waals surface area contributed by atoms with Crippen molar-refractivity contribution in [2.24, 2.45) is 0 Å². The van der Waals surface area contributed by atoms with Crippen molar-refractivity contribution in [3.8, 4) is 11.6 Å². The summed E-state index contributed by atoms with van der Waals surface area (Å²) in [5.41, 5.74) is 0.429. The van der Waals surface area contributed by atoms with Gasteiger partial charge in [0.15, 0.2) is 0 Å². The van der Waals surface area contributed by atoms with E-state index in [0.29, 0.717) is 23.7 Å². The molecule has 2 rings (SSSR count). The van der Waals surface area contributed by atoms with Crippen molar-refractivity contribution in [2.45, 2.75) is 26.2 Å². The van der Waals surface area contributed by atoms with E-state index in [4.69, 9.17) is 4.74 Å². The fraction of sp³-hybridized carbons (Fsp3) is 0.312. The number of nitrogens with zero attached hydrogens (tertiary/aromatic N) is 2. The van der Waals surface area contributed by atoms with Crippen LogP contribution in [0.3, 0.4) is 0 Å². The average Bonchev–Trinajstić information content (AvgIpc) is 2.53. The van der Waals surface area contributed by atoms with Crippen LogP contribution < -0.4 is 10.1 Å². The quantitative estimate of drug-likeness (QED) is 0.793. The zero-order valence-corrected chi connectivity index (χ0v) is 12.1. The molecule has 5 heteroatoms. The van der Waals surface area contributed by atoms with Crippen LogP contribution in [0.1, 0.15) is 36.5 Å². The van der Waals surface area contributed by atoms with Gasteiger partial charge in [-0.25, -0.2) is 4.98 Å². The summed E-state index contributed by atoms with van der Waals surface area (Å²) in [5, 5.41) is 2.89. The molecule has 0 radical (unpaired) electrons. The number of amides is 1. The number of rotatable bonds is 7. The molecule has 0 saturated heterocycles. The zero-order valence-electron chi connectivity index (χ0n) is 12.1. The number of hydrogen-bond acceptors (Lipinski definition) is 4. The van der Waals surface area contributed by atoms with Crippen LogP contribution in [0.25, 0.3) is 0 Å². The van der Waals surface area contributed by atoms with E-state index in [1.54, 1.807) is 42.9 Å². The normalized spacial score (nSPS) is 10.1. The fourth-order valence-electron chi connectivity index (χ4n) is 1.84. The molecule has 5 nitrogen and oxygen atoms in total. The maximum Gasteiger partial charge on any atom is 0.256 e. The SMILES string of the molecule is CCCCCNC(=O)c1cccnc1Oc1cccnc1. The van der Waals surface area contributed by atoms with E-state index in [2.05, 4.69) is 22.2 Å². The number of pyridine rings is 2. The Morgan fingerprint density at radius 3 is 2.86 bits per heavy atom. The summed E-state index contributed by atoms with van der Waals surface area (Å²) in [4.78, 5) is 20.3. The van der Waals surface area contributed by atoms with Crippen molar-refractivity contribution in [1.29, 1.82) is 0 Å². The molecule has 0 aliphatic carbocycles. The highest BCUT2D eigenvalue weighted by atomic mass is 16.5. The van der Waals surface area contributed by atoms with E-state index < -0.39 is 0 Å². The minimum atomic E-state index is -0.168. The van der Waals surface area contributed by atoms with Crippen molar-refractivity contribution in [3.63, 3.8) is 0 Å². The van der Waals surface area contributed by atoms with Crippen LogP contribution in [0.2, 0.25) is 0 Å². The third-order valence-corrected chi connectivity index (χ3v) is 2.93. The Morgan fingerprint density at radius 2 is 2.10 bits per heavy atom. The number of ether oxygens (including phenoxy) is 1. The number of carbonyl (C=O) groups is 1. The minimum Gasteiger partial charge on any atom is -0.437 e. The van der Waals surface area contributed by atoms with Crippen molar-refractivity contribution in [3.05, 3.63) is 48.4 Å². The molecular weight excluding hydrogens is 266 g/mol. The summed E-state index contributed by atoms with van der Waals surface area (Å²) in [6, 6.07) is 6.96. The monoisotopic (exact) mass is 285 g/mol. The van der Waals surface area contributed by atoms with Gasteiger partial charge in [-0.2, -0.15) is 0 Å². The molecule has 2 heterocycles. The van der Waals surface area contributed by atoms with Crippen molar-refractivity contribution in [1.82, 2.24) is 15.3 Å². The van der Waals surface area contributed by atoms with Gasteiger partial charge in [0.05, 0.1) is 6.20 Å². The van der Waals surface area contributed by atoms with Gasteiger partial charge < -0.3 is 10.1 Å². The highest BCUT2D eigenvalue weighted by Gasteiger charge is 2.13. The lowest BCUT2D eigenvalue weighted by Crippen LogP contribution is -2.25. The molecule has 21 heavy (non-hydrogen) atoms. The second-order valence-corrected chi connectivity index (χ2v) is 4.61. The Labute approximate surface area is 124 Å². The molecule has 0 aliphatic heterocycles. The molecule has 0 atom stereocenters. The van der Waals surface area contributed by atoms with Gasteiger partial charge in [0.1, 0.15) is 11.3 Å². The topological polar surface area (TPSA) is 64.1 Å². The van der Waals surface area contributed by atoms with E-state index >= 15 is 0 Å². The van der Waals surface area contributed by atoms with Gasteiger partial charge in [0.25, 0.3) is 5.91 Å². The lowest BCUT2D eigenvalue weighted by molar-refractivity contribution is 0.0950. The van der Waals surface area contributed by atoms with Crippen LogP contribution in [0.4, 0.5) is 0 Å². The lowest BCUT2D eigenvalue weighted by Gasteiger charge is -2.09. The number of hydrogen-bond donors (Lipinski definition) is 1. The molecule has 1 N–H and O–H groups in total. The number of aromatic nitrogens is 2. The van der Waals surface area contributed by atoms with Crippen molar-refractivity contribution in [2.75, 3.05) is 6.54 Å². The van der Waals surface area contributed by atoms with E-state index in [-0.39, 0.29) is 5.91 Å². The molecule has 0 fully saturated rings. The zero-order chi connectivity index (χ0) is 14.9. The van der Waals surface area contributed by atoms with Crippen LogP contribution in [-0.4, -0.2) is 22.4 Å². The first kappa shape index (κ1) is 15.0. The molecule has 0 bridgehead atoms. The van der Waals surface area contributed by atoms with Gasteiger partial charge in [-0.05, 0) is 30.7 Å². The Bertz CT molecular complexity index is 573. The van der Waals surface area contributed by atoms with Crippen LogP contribution in [0, 0.1) is 0 Å². The summed E-state index contributed by atoms with van der Waals surface area (Å²) in [6.07, 6.45) is 8.04. The highest BCUT2D eigenvalue weighted by molar-refractivity contribution is 5.96. The maximum atomic E-state index is 12.2. The molecule has 0 saturated carbocycles. The predicted octanol–water partition coefficient (Wildman–Crippen LogP) is 3.19. The van der Waals surface area contributed by atoms with Gasteiger partial charge in [0.2, 0.25) is 5.88 Å². The summed E-state index contributed by atoms with van der Waals surface area (Å²) < 4.78 is 5.62. The summed E-state index contributed by atoms with van der Waals surface area (Å²) in [6.45, 7) is 2.79. The van der Waals surface area contributed by atoms with Gasteiger partial charge in [0, 0.05) is 18.9 Å². The van der Waals surface area contributed by atoms with Crippen LogP contribution >= 0.6 is 0 Å². The van der Waals surface area contributed by atoms with Crippen LogP contribution in [-0.2, 0) is 0 Å². The molecule has 0 aliphatic rings. The third kappa shape index (κ3) is 4.56. The summed E-state index contributed by atoms with van der Waals surface area (Å²) in [5.74, 6) is 0.674. The Balaban J connectivity index is 2.04. The lowest BCUT2D eigenvalue weighted by atomic mass is 10.2. The number of nitrogens with one attached hydrogen (secondary N) is 1. The standard InChI is InChI=1S/C16H19N3O2/c1-2-3-4-10-18-15(20)14-8-6-11-19-16(14)21-13-7-5-9-17-12-13/h5-9,11-12H,2-4,10H2,1H3,(H,18,20). The number of unbranched alkanes of at least 4 members (excludes halogenated alkanes) is 2. The molecule has 0 spiro atoms. The Hall–Kier alpha value is -2.43. The molecular formula is C16H19N3O2. The van der Waals surface area contributed by atoms with Crippen molar-refractivity contribution < 1.29 is 9.53 Å². The van der Waals surface area contributed by atoms with E-state index in [9.17, 15) is 4.79 Å². The summed E-state index contributed by atoms with van der Waals surface area (Å²) in [7, 11) is 0. The Morgan fingerprint density at radius 1 is 1.24 bits per heavy atom. The summed E-state index contributed by atoms with van der Waals surface area (Å²) >= 11 is 0. The molecule has 0 unspecified atom stereocenters. The van der Waals surface area contributed by atoms with Crippen molar-refractivity contribution >= 4 is 5.91 Å². The van der Waals surface area contributed by atoms with Gasteiger partial charge >= 0.3 is 0 Å².